The van der Waals surface area contributed by atoms with Crippen LogP contribution in [0.1, 0.15) is 34.7 Å². The largest absolute Gasteiger partial charge is 0.497 e. The van der Waals surface area contributed by atoms with Crippen molar-refractivity contribution in [1.82, 2.24) is 14.9 Å². The van der Waals surface area contributed by atoms with Crippen LogP contribution < -0.4 is 24.4 Å². The van der Waals surface area contributed by atoms with E-state index >= 15 is 0 Å². The summed E-state index contributed by atoms with van der Waals surface area (Å²) in [6, 6.07) is 20.8. The predicted molar refractivity (Wildman–Crippen MR) is 161 cm³/mol. The van der Waals surface area contributed by atoms with Gasteiger partial charge in [-0.1, -0.05) is 12.1 Å². The fraction of sp³-hybridized carbons (Fsp3) is 0.241. The fourth-order valence-corrected chi connectivity index (χ4v) is 6.21. The molecule has 0 bridgehead atoms. The van der Waals surface area contributed by atoms with E-state index < -0.39 is 10.0 Å². The van der Waals surface area contributed by atoms with Crippen molar-refractivity contribution in [3.05, 3.63) is 95.6 Å². The van der Waals surface area contributed by atoms with Crippen LogP contribution in [-0.4, -0.2) is 43.6 Å². The third-order valence-electron chi connectivity index (χ3n) is 6.96. The summed E-state index contributed by atoms with van der Waals surface area (Å²) in [5, 5.41) is 4.01. The fourth-order valence-electron chi connectivity index (χ4n) is 5.30. The van der Waals surface area contributed by atoms with Crippen LogP contribution in [0.5, 0.6) is 11.5 Å². The number of ether oxygens (including phenoxy) is 2. The van der Waals surface area contributed by atoms with Gasteiger partial charge in [-0.05, 0) is 74.1 Å². The highest BCUT2D eigenvalue weighted by Gasteiger charge is 2.42. The number of rotatable bonds is 8. The summed E-state index contributed by atoms with van der Waals surface area (Å²) < 4.78 is 39.6. The third-order valence-corrected chi connectivity index (χ3v) is 7.86. The first-order valence-corrected chi connectivity index (χ1v) is 14.9. The number of aryl methyl sites for hydroxylation is 1. The molecular weight excluding hydrogens is 546 g/mol. The molecular formula is C29H31N5O4S2. The molecule has 1 aliphatic rings. The Morgan fingerprint density at radius 2 is 1.77 bits per heavy atom. The Kier molecular flexibility index (Phi) is 7.43. The van der Waals surface area contributed by atoms with Crippen LogP contribution in [0.3, 0.4) is 0 Å². The highest BCUT2D eigenvalue weighted by molar-refractivity contribution is 7.92. The van der Waals surface area contributed by atoms with Crippen LogP contribution in [0.4, 0.5) is 11.4 Å². The van der Waals surface area contributed by atoms with Gasteiger partial charge in [0.15, 0.2) is 5.11 Å². The van der Waals surface area contributed by atoms with Gasteiger partial charge in [-0.25, -0.2) is 8.42 Å². The van der Waals surface area contributed by atoms with E-state index in [0.29, 0.717) is 16.5 Å². The third kappa shape index (κ3) is 5.22. The molecule has 2 N–H and O–H groups in total. The topological polar surface area (TPSA) is 97.7 Å². The number of nitrogens with zero attached hydrogens (tertiary/aromatic N) is 3. The standard InChI is InChI=1S/C29H31N5O4S2/c1-18-15-23(19(2)33(18)20-9-8-10-22(16-20)37-3)28-27(25-11-6-7-14-30-25)31-29(39)34(28)21-12-13-24(26(17-21)38-4)32-40(5,35)36/h6-17,27-28,32H,1-5H3,(H,31,39)/t27-,28+/m0/s1. The van der Waals surface area contributed by atoms with Gasteiger partial charge in [0.2, 0.25) is 10.0 Å². The van der Waals surface area contributed by atoms with E-state index in [1.807, 2.05) is 47.4 Å². The second-order valence-electron chi connectivity index (χ2n) is 9.62. The van der Waals surface area contributed by atoms with Gasteiger partial charge < -0.3 is 24.3 Å². The Labute approximate surface area is 239 Å². The van der Waals surface area contributed by atoms with Crippen LogP contribution in [-0.2, 0) is 10.0 Å². The number of benzene rings is 2. The first-order valence-electron chi connectivity index (χ1n) is 12.6. The molecule has 1 aliphatic heterocycles. The predicted octanol–water partition coefficient (Wildman–Crippen LogP) is 5.05. The summed E-state index contributed by atoms with van der Waals surface area (Å²) in [7, 11) is -0.331. The number of aromatic nitrogens is 2. The summed E-state index contributed by atoms with van der Waals surface area (Å²) in [5.41, 5.74) is 6.13. The van der Waals surface area contributed by atoms with Crippen LogP contribution >= 0.6 is 12.2 Å². The number of pyridine rings is 1. The maximum absolute atomic E-state index is 11.9. The zero-order chi connectivity index (χ0) is 28.6. The molecule has 1 saturated heterocycles. The maximum Gasteiger partial charge on any atom is 0.229 e. The maximum atomic E-state index is 11.9. The summed E-state index contributed by atoms with van der Waals surface area (Å²) in [4.78, 5) is 6.69. The van der Waals surface area contributed by atoms with Gasteiger partial charge in [-0.15, -0.1) is 0 Å². The number of thiocarbonyl (C=S) groups is 1. The minimum Gasteiger partial charge on any atom is -0.497 e. The molecule has 0 amide bonds. The van der Waals surface area contributed by atoms with Crippen molar-refractivity contribution in [1.29, 1.82) is 0 Å². The van der Waals surface area contributed by atoms with Crippen LogP contribution in [0.2, 0.25) is 0 Å². The van der Waals surface area contributed by atoms with Crippen molar-refractivity contribution in [3.8, 4) is 17.2 Å². The van der Waals surface area contributed by atoms with Gasteiger partial charge >= 0.3 is 0 Å². The molecule has 208 valence electrons. The summed E-state index contributed by atoms with van der Waals surface area (Å²) in [5.74, 6) is 1.16. The summed E-state index contributed by atoms with van der Waals surface area (Å²) in [6.07, 6.45) is 2.87. The molecule has 1 fully saturated rings. The van der Waals surface area contributed by atoms with Crippen LogP contribution in [0, 0.1) is 13.8 Å². The van der Waals surface area contributed by atoms with Crippen molar-refractivity contribution in [2.75, 3.05) is 30.1 Å². The van der Waals surface area contributed by atoms with Crippen molar-refractivity contribution >= 4 is 38.7 Å². The number of anilines is 2. The highest BCUT2D eigenvalue weighted by Crippen LogP contribution is 2.45. The number of methoxy groups -OCH3 is 2. The van der Waals surface area contributed by atoms with E-state index in [4.69, 9.17) is 21.7 Å². The van der Waals surface area contributed by atoms with E-state index in [2.05, 4.69) is 45.6 Å². The Hall–Kier alpha value is -4.09. The minimum absolute atomic E-state index is 0.243. The van der Waals surface area contributed by atoms with Gasteiger partial charge in [0.05, 0.1) is 43.9 Å². The molecule has 2 aromatic carbocycles. The number of hydrogen-bond acceptors (Lipinski definition) is 6. The van der Waals surface area contributed by atoms with Gasteiger partial charge in [-0.2, -0.15) is 0 Å². The van der Waals surface area contributed by atoms with Gasteiger partial charge in [0.1, 0.15) is 11.5 Å². The van der Waals surface area contributed by atoms with Crippen molar-refractivity contribution in [2.24, 2.45) is 0 Å². The molecule has 3 heterocycles. The van der Waals surface area contributed by atoms with Crippen LogP contribution in [0.25, 0.3) is 5.69 Å². The molecule has 0 saturated carbocycles. The lowest BCUT2D eigenvalue weighted by Crippen LogP contribution is -2.29. The second-order valence-corrected chi connectivity index (χ2v) is 11.8. The Balaban J connectivity index is 1.66. The molecule has 4 aromatic rings. The lowest BCUT2D eigenvalue weighted by atomic mass is 9.96. The normalized spacial score (nSPS) is 17.0. The van der Waals surface area contributed by atoms with E-state index in [0.717, 1.165) is 46.0 Å². The quantitative estimate of drug-likeness (QED) is 0.281. The molecule has 40 heavy (non-hydrogen) atoms. The minimum atomic E-state index is -3.49. The Bertz CT molecular complexity index is 1670. The zero-order valence-corrected chi connectivity index (χ0v) is 24.5. The molecule has 2 atom stereocenters. The monoisotopic (exact) mass is 577 g/mol. The Morgan fingerprint density at radius 1 is 0.975 bits per heavy atom. The lowest BCUT2D eigenvalue weighted by molar-refractivity contribution is 0.414. The van der Waals surface area contributed by atoms with Crippen molar-refractivity contribution < 1.29 is 17.9 Å². The van der Waals surface area contributed by atoms with Crippen LogP contribution in [0.15, 0.2) is 72.9 Å². The zero-order valence-electron chi connectivity index (χ0n) is 22.9. The molecule has 0 unspecified atom stereocenters. The number of nitrogens with one attached hydrogen (secondary N) is 2. The van der Waals surface area contributed by atoms with E-state index in [-0.39, 0.29) is 12.1 Å². The number of hydrogen-bond donors (Lipinski definition) is 2. The SMILES string of the molecule is COc1cccc(-n2c(C)cc([C@@H]3[C@H](c4ccccn4)NC(=S)N3c3ccc(NS(C)(=O)=O)c(OC)c3)c2C)c1. The summed E-state index contributed by atoms with van der Waals surface area (Å²) in [6.45, 7) is 4.17. The first kappa shape index (κ1) is 27.5. The summed E-state index contributed by atoms with van der Waals surface area (Å²) >= 11 is 5.90. The Morgan fingerprint density at radius 3 is 2.45 bits per heavy atom. The lowest BCUT2D eigenvalue weighted by Gasteiger charge is -2.29. The van der Waals surface area contributed by atoms with Crippen molar-refractivity contribution in [3.63, 3.8) is 0 Å². The molecule has 0 aliphatic carbocycles. The average Bonchev–Trinajstić information content (AvgIpc) is 3.43. The average molecular weight is 578 g/mol. The molecule has 5 rings (SSSR count). The van der Waals surface area contributed by atoms with E-state index in [9.17, 15) is 8.42 Å². The smallest absolute Gasteiger partial charge is 0.229 e. The van der Waals surface area contributed by atoms with E-state index in [1.165, 1.54) is 7.11 Å². The molecule has 2 aromatic heterocycles. The first-order chi connectivity index (χ1) is 19.1. The van der Waals surface area contributed by atoms with Gasteiger partial charge in [0, 0.05) is 41.1 Å². The highest BCUT2D eigenvalue weighted by atomic mass is 32.2. The van der Waals surface area contributed by atoms with Gasteiger partial charge in [-0.3, -0.25) is 9.71 Å². The van der Waals surface area contributed by atoms with Gasteiger partial charge in [0.25, 0.3) is 0 Å². The van der Waals surface area contributed by atoms with E-state index in [1.54, 1.807) is 25.4 Å². The molecule has 9 nitrogen and oxygen atoms in total. The molecule has 0 radical (unpaired) electrons. The molecule has 0 spiro atoms. The molecule has 11 heteroatoms. The van der Waals surface area contributed by atoms with Crippen molar-refractivity contribution in [2.45, 2.75) is 25.9 Å². The number of sulfonamides is 1. The second kappa shape index (κ2) is 10.8.